The summed E-state index contributed by atoms with van der Waals surface area (Å²) in [7, 11) is 2.43. The first-order valence-corrected chi connectivity index (χ1v) is 10.9. The van der Waals surface area contributed by atoms with E-state index < -0.39 is 0 Å². The van der Waals surface area contributed by atoms with Crippen molar-refractivity contribution in [2.45, 2.75) is 64.5 Å². The van der Waals surface area contributed by atoms with Crippen molar-refractivity contribution < 1.29 is 4.90 Å². The molecule has 2 N–H and O–H groups in total. The van der Waals surface area contributed by atoms with Crippen LogP contribution in [-0.2, 0) is 0 Å². The van der Waals surface area contributed by atoms with Crippen LogP contribution >= 0.6 is 23.8 Å². The lowest BCUT2D eigenvalue weighted by Gasteiger charge is -2.41. The molecule has 1 aromatic carbocycles. The van der Waals surface area contributed by atoms with Crippen LogP contribution in [0.2, 0.25) is 5.02 Å². The van der Waals surface area contributed by atoms with Gasteiger partial charge in [0.25, 0.3) is 0 Å². The highest BCUT2D eigenvalue weighted by Crippen LogP contribution is 2.23. The van der Waals surface area contributed by atoms with Gasteiger partial charge < -0.3 is 15.1 Å². The second-order valence-electron chi connectivity index (χ2n) is 8.27. The average Bonchev–Trinajstić information content (AvgIpc) is 2.65. The van der Waals surface area contributed by atoms with E-state index in [9.17, 15) is 0 Å². The van der Waals surface area contributed by atoms with Gasteiger partial charge >= 0.3 is 0 Å². The minimum absolute atomic E-state index is 0.772. The lowest BCUT2D eigenvalue weighted by Crippen LogP contribution is -3.17. The van der Waals surface area contributed by atoms with Gasteiger partial charge in [0.1, 0.15) is 0 Å². The van der Waals surface area contributed by atoms with E-state index in [2.05, 4.69) is 24.2 Å². The Balaban J connectivity index is 1.51. The first-order chi connectivity index (χ1) is 12.5. The number of hydrogen-bond acceptors (Lipinski definition) is 1. The quantitative estimate of drug-likeness (QED) is 0.758. The summed E-state index contributed by atoms with van der Waals surface area (Å²) in [6.45, 7) is 6.57. The van der Waals surface area contributed by atoms with Crippen molar-refractivity contribution in [3.63, 3.8) is 0 Å². The lowest BCUT2D eigenvalue weighted by atomic mass is 9.84. The highest BCUT2D eigenvalue weighted by Gasteiger charge is 2.34. The molecule has 5 heteroatoms. The number of nitrogens with one attached hydrogen (secondary N) is 2. The molecule has 0 bridgehead atoms. The normalized spacial score (nSPS) is 25.8. The van der Waals surface area contributed by atoms with E-state index in [0.717, 1.165) is 52.5 Å². The average molecular weight is 395 g/mol. The summed E-state index contributed by atoms with van der Waals surface area (Å²) in [4.78, 5) is 4.08. The molecule has 3 rings (SSSR count). The number of quaternary nitrogens is 1. The zero-order valence-electron chi connectivity index (χ0n) is 16.4. The summed E-state index contributed by atoms with van der Waals surface area (Å²) in [6.07, 6.45) is 8.11. The SMILES string of the molecule is Cc1ccc(NC(=S)N2CCC([NH+](C)C3CCCCC3C)CC2)cc1Cl. The van der Waals surface area contributed by atoms with Gasteiger partial charge in [0.2, 0.25) is 0 Å². The van der Waals surface area contributed by atoms with Gasteiger partial charge in [0, 0.05) is 42.6 Å². The zero-order valence-corrected chi connectivity index (χ0v) is 17.9. The summed E-state index contributed by atoms with van der Waals surface area (Å²) in [5.74, 6) is 0.871. The van der Waals surface area contributed by atoms with Gasteiger partial charge in [-0.25, -0.2) is 0 Å². The van der Waals surface area contributed by atoms with Crippen molar-refractivity contribution >= 4 is 34.6 Å². The number of anilines is 1. The molecular formula is C21H33ClN3S+. The van der Waals surface area contributed by atoms with Gasteiger partial charge in [-0.15, -0.1) is 0 Å². The summed E-state index contributed by atoms with van der Waals surface area (Å²) >= 11 is 11.9. The Morgan fingerprint density at radius 3 is 2.54 bits per heavy atom. The second kappa shape index (κ2) is 8.90. The van der Waals surface area contributed by atoms with E-state index in [-0.39, 0.29) is 0 Å². The minimum atomic E-state index is 0.772. The van der Waals surface area contributed by atoms with Crippen molar-refractivity contribution in [3.8, 4) is 0 Å². The van der Waals surface area contributed by atoms with E-state index in [4.69, 9.17) is 23.8 Å². The topological polar surface area (TPSA) is 19.7 Å². The molecule has 0 amide bonds. The van der Waals surface area contributed by atoms with Gasteiger partial charge in [-0.05, 0) is 56.1 Å². The van der Waals surface area contributed by atoms with Gasteiger partial charge in [-0.3, -0.25) is 0 Å². The summed E-state index contributed by atoms with van der Waals surface area (Å²) in [5, 5.41) is 4.97. The fourth-order valence-corrected chi connectivity index (χ4v) is 5.19. The Bertz CT molecular complexity index is 628. The molecule has 3 unspecified atom stereocenters. The summed E-state index contributed by atoms with van der Waals surface area (Å²) in [6, 6.07) is 7.65. The van der Waals surface area contributed by atoms with Gasteiger partial charge in [0.05, 0.1) is 19.1 Å². The standard InChI is InChI=1S/C21H32ClN3S/c1-15-8-9-17(14-19(15)22)23-21(26)25-12-10-18(11-13-25)24(3)20-7-5-4-6-16(20)2/h8-9,14,16,18,20H,4-7,10-13H2,1-3H3,(H,23,26)/p+1. The van der Waals surface area contributed by atoms with Crippen LogP contribution in [0.15, 0.2) is 18.2 Å². The fourth-order valence-electron chi connectivity index (χ4n) is 4.71. The predicted octanol–water partition coefficient (Wildman–Crippen LogP) is 3.90. The van der Waals surface area contributed by atoms with Crippen molar-refractivity contribution in [1.82, 2.24) is 4.90 Å². The number of rotatable bonds is 3. The fraction of sp³-hybridized carbons (Fsp3) is 0.667. The molecule has 1 saturated carbocycles. The smallest absolute Gasteiger partial charge is 0.173 e. The van der Waals surface area contributed by atoms with Crippen molar-refractivity contribution in [2.24, 2.45) is 5.92 Å². The molecule has 144 valence electrons. The lowest BCUT2D eigenvalue weighted by molar-refractivity contribution is -0.937. The van der Waals surface area contributed by atoms with Gasteiger partial charge in [-0.1, -0.05) is 31.0 Å². The number of hydrogen-bond donors (Lipinski definition) is 2. The third-order valence-corrected chi connectivity index (χ3v) is 7.31. The van der Waals surface area contributed by atoms with Gasteiger partial charge in [0.15, 0.2) is 5.11 Å². The molecule has 3 atom stereocenters. The van der Waals surface area contributed by atoms with Crippen LogP contribution < -0.4 is 10.2 Å². The number of piperidine rings is 1. The highest BCUT2D eigenvalue weighted by molar-refractivity contribution is 7.80. The zero-order chi connectivity index (χ0) is 18.7. The summed E-state index contributed by atoms with van der Waals surface area (Å²) < 4.78 is 0. The Morgan fingerprint density at radius 2 is 1.88 bits per heavy atom. The Kier molecular flexibility index (Phi) is 6.81. The third kappa shape index (κ3) is 4.71. The molecule has 2 aliphatic rings. The van der Waals surface area contributed by atoms with Crippen molar-refractivity contribution in [1.29, 1.82) is 0 Å². The predicted molar refractivity (Wildman–Crippen MR) is 115 cm³/mol. The molecule has 2 fully saturated rings. The number of benzene rings is 1. The van der Waals surface area contributed by atoms with E-state index in [0.29, 0.717) is 0 Å². The van der Waals surface area contributed by atoms with E-state index in [1.165, 1.54) is 38.5 Å². The third-order valence-electron chi connectivity index (χ3n) is 6.55. The van der Waals surface area contributed by atoms with E-state index in [1.807, 2.05) is 25.1 Å². The molecule has 1 aliphatic heterocycles. The molecule has 0 aromatic heterocycles. The van der Waals surface area contributed by atoms with Crippen LogP contribution in [0.3, 0.4) is 0 Å². The number of thiocarbonyl (C=S) groups is 1. The second-order valence-corrected chi connectivity index (χ2v) is 9.06. The molecular weight excluding hydrogens is 362 g/mol. The maximum absolute atomic E-state index is 6.22. The highest BCUT2D eigenvalue weighted by atomic mass is 35.5. The van der Waals surface area contributed by atoms with Crippen LogP contribution in [0.1, 0.15) is 51.0 Å². The number of nitrogens with zero attached hydrogens (tertiary/aromatic N) is 1. The molecule has 1 heterocycles. The van der Waals surface area contributed by atoms with Crippen LogP contribution in [0, 0.1) is 12.8 Å². The largest absolute Gasteiger partial charge is 0.349 e. The Labute approximate surface area is 169 Å². The Hall–Kier alpha value is -0.840. The molecule has 0 spiro atoms. The number of halogens is 1. The molecule has 1 saturated heterocycles. The first kappa shape index (κ1) is 19.9. The van der Waals surface area contributed by atoms with E-state index >= 15 is 0 Å². The maximum Gasteiger partial charge on any atom is 0.173 e. The molecule has 0 radical (unpaired) electrons. The molecule has 3 nitrogen and oxygen atoms in total. The number of likely N-dealkylation sites (tertiary alicyclic amines) is 1. The van der Waals surface area contributed by atoms with Crippen molar-refractivity contribution in [3.05, 3.63) is 28.8 Å². The minimum Gasteiger partial charge on any atom is -0.349 e. The van der Waals surface area contributed by atoms with Crippen LogP contribution in [0.4, 0.5) is 5.69 Å². The monoisotopic (exact) mass is 394 g/mol. The van der Waals surface area contributed by atoms with Crippen LogP contribution in [-0.4, -0.2) is 42.2 Å². The number of aryl methyl sites for hydroxylation is 1. The first-order valence-electron chi connectivity index (χ1n) is 10.1. The maximum atomic E-state index is 6.22. The van der Waals surface area contributed by atoms with E-state index in [1.54, 1.807) is 4.90 Å². The molecule has 26 heavy (non-hydrogen) atoms. The molecule has 1 aromatic rings. The Morgan fingerprint density at radius 1 is 1.19 bits per heavy atom. The van der Waals surface area contributed by atoms with Gasteiger partial charge in [-0.2, -0.15) is 0 Å². The van der Waals surface area contributed by atoms with Crippen LogP contribution in [0.25, 0.3) is 0 Å². The summed E-state index contributed by atoms with van der Waals surface area (Å²) in [5.41, 5.74) is 2.07. The van der Waals surface area contributed by atoms with Crippen molar-refractivity contribution in [2.75, 3.05) is 25.5 Å². The molecule has 1 aliphatic carbocycles. The van der Waals surface area contributed by atoms with Crippen LogP contribution in [0.5, 0.6) is 0 Å².